The SMILES string of the molecule is O=C1Nc2c([nH]c(-c3ccco3)c2-c2ccco2)C1=O. The molecular formula is C14H8N2O4. The molecule has 1 amide bonds. The third-order valence-electron chi connectivity index (χ3n) is 3.21. The molecule has 1 aliphatic rings. The van der Waals surface area contributed by atoms with Crippen molar-refractivity contribution in [3.05, 3.63) is 42.5 Å². The molecule has 3 aromatic heterocycles. The van der Waals surface area contributed by atoms with Gasteiger partial charge in [0.2, 0.25) is 0 Å². The average molecular weight is 268 g/mol. The summed E-state index contributed by atoms with van der Waals surface area (Å²) in [5.41, 5.74) is 1.87. The van der Waals surface area contributed by atoms with Gasteiger partial charge in [0, 0.05) is 0 Å². The molecule has 0 bridgehead atoms. The molecule has 2 N–H and O–H groups in total. The molecule has 4 heterocycles. The smallest absolute Gasteiger partial charge is 0.298 e. The van der Waals surface area contributed by atoms with Crippen LogP contribution in [0.15, 0.2) is 45.6 Å². The minimum absolute atomic E-state index is 0.229. The van der Waals surface area contributed by atoms with Gasteiger partial charge in [-0.2, -0.15) is 0 Å². The van der Waals surface area contributed by atoms with Crippen LogP contribution in [0.5, 0.6) is 0 Å². The van der Waals surface area contributed by atoms with Crippen molar-refractivity contribution < 1.29 is 18.4 Å². The van der Waals surface area contributed by atoms with E-state index in [4.69, 9.17) is 8.83 Å². The minimum Gasteiger partial charge on any atom is -0.464 e. The summed E-state index contributed by atoms with van der Waals surface area (Å²) < 4.78 is 10.7. The molecule has 6 heteroatoms. The van der Waals surface area contributed by atoms with Crippen molar-refractivity contribution >= 4 is 17.4 Å². The lowest BCUT2D eigenvalue weighted by atomic mass is 10.1. The highest BCUT2D eigenvalue weighted by Crippen LogP contribution is 2.42. The zero-order chi connectivity index (χ0) is 13.7. The lowest BCUT2D eigenvalue weighted by molar-refractivity contribution is -0.112. The van der Waals surface area contributed by atoms with E-state index < -0.39 is 11.7 Å². The quantitative estimate of drug-likeness (QED) is 0.699. The second-order valence-electron chi connectivity index (χ2n) is 4.36. The molecule has 0 aromatic carbocycles. The molecule has 0 atom stereocenters. The number of nitrogens with one attached hydrogen (secondary N) is 2. The first-order chi connectivity index (χ1) is 9.75. The van der Waals surface area contributed by atoms with E-state index in [1.54, 1.807) is 24.3 Å². The van der Waals surface area contributed by atoms with Crippen LogP contribution in [0.25, 0.3) is 22.8 Å². The van der Waals surface area contributed by atoms with Crippen molar-refractivity contribution in [3.63, 3.8) is 0 Å². The number of hydrogen-bond acceptors (Lipinski definition) is 4. The molecule has 0 unspecified atom stereocenters. The van der Waals surface area contributed by atoms with Crippen molar-refractivity contribution in [1.29, 1.82) is 0 Å². The molecule has 6 nitrogen and oxygen atoms in total. The maximum atomic E-state index is 11.8. The Bertz CT molecular complexity index is 810. The fraction of sp³-hybridized carbons (Fsp3) is 0. The topological polar surface area (TPSA) is 88.2 Å². The second-order valence-corrected chi connectivity index (χ2v) is 4.36. The number of fused-ring (bicyclic) bond motifs is 1. The molecule has 0 spiro atoms. The van der Waals surface area contributed by atoms with Gasteiger partial charge < -0.3 is 19.1 Å². The van der Waals surface area contributed by atoms with E-state index in [1.807, 2.05) is 0 Å². The number of aromatic nitrogens is 1. The first kappa shape index (κ1) is 10.9. The highest BCUT2D eigenvalue weighted by Gasteiger charge is 2.36. The number of carbonyl (C=O) groups is 2. The molecule has 0 radical (unpaired) electrons. The molecule has 3 aromatic rings. The summed E-state index contributed by atoms with van der Waals surface area (Å²) in [6.07, 6.45) is 3.06. The van der Waals surface area contributed by atoms with Crippen LogP contribution in [0.3, 0.4) is 0 Å². The van der Waals surface area contributed by atoms with Gasteiger partial charge in [-0.25, -0.2) is 0 Å². The Morgan fingerprint density at radius 3 is 2.25 bits per heavy atom. The number of aromatic amines is 1. The van der Waals surface area contributed by atoms with Gasteiger partial charge in [-0.05, 0) is 24.3 Å². The largest absolute Gasteiger partial charge is 0.464 e. The zero-order valence-corrected chi connectivity index (χ0v) is 10.1. The summed E-state index contributed by atoms with van der Waals surface area (Å²) in [5.74, 6) is -0.132. The van der Waals surface area contributed by atoms with Crippen LogP contribution in [-0.2, 0) is 4.79 Å². The molecule has 0 saturated heterocycles. The lowest BCUT2D eigenvalue weighted by Crippen LogP contribution is -2.14. The highest BCUT2D eigenvalue weighted by atomic mass is 16.3. The van der Waals surface area contributed by atoms with Gasteiger partial charge in [-0.1, -0.05) is 0 Å². The van der Waals surface area contributed by atoms with Crippen molar-refractivity contribution in [3.8, 4) is 22.8 Å². The van der Waals surface area contributed by atoms with Crippen LogP contribution in [-0.4, -0.2) is 16.7 Å². The monoisotopic (exact) mass is 268 g/mol. The summed E-state index contributed by atoms with van der Waals surface area (Å²) >= 11 is 0. The fourth-order valence-corrected chi connectivity index (χ4v) is 2.35. The number of H-pyrrole nitrogens is 1. The van der Waals surface area contributed by atoms with Crippen LogP contribution < -0.4 is 5.32 Å². The number of carbonyl (C=O) groups excluding carboxylic acids is 2. The van der Waals surface area contributed by atoms with E-state index in [0.29, 0.717) is 28.5 Å². The van der Waals surface area contributed by atoms with Gasteiger partial charge in [-0.3, -0.25) is 9.59 Å². The molecule has 0 saturated carbocycles. The summed E-state index contributed by atoms with van der Waals surface area (Å²) in [4.78, 5) is 26.2. The maximum Gasteiger partial charge on any atom is 0.298 e. The summed E-state index contributed by atoms with van der Waals surface area (Å²) in [7, 11) is 0. The fourth-order valence-electron chi connectivity index (χ4n) is 2.35. The van der Waals surface area contributed by atoms with Crippen LogP contribution in [0.4, 0.5) is 5.69 Å². The van der Waals surface area contributed by atoms with Crippen molar-refractivity contribution in [2.24, 2.45) is 0 Å². The van der Waals surface area contributed by atoms with Gasteiger partial charge in [0.05, 0.1) is 29.5 Å². The van der Waals surface area contributed by atoms with E-state index >= 15 is 0 Å². The number of rotatable bonds is 2. The number of ketones is 1. The molecule has 4 rings (SSSR count). The Morgan fingerprint density at radius 1 is 0.900 bits per heavy atom. The summed E-state index contributed by atoms with van der Waals surface area (Å²) in [6, 6.07) is 7.00. The Kier molecular flexibility index (Phi) is 2.03. The molecule has 20 heavy (non-hydrogen) atoms. The standard InChI is InChI=1S/C14H8N2O4/c17-13-12-11(16-14(13)18)9(7-3-1-5-19-7)10(15-12)8-4-2-6-20-8/h1-6,15H,(H,16,17,18). The van der Waals surface area contributed by atoms with Crippen molar-refractivity contribution in [1.82, 2.24) is 4.98 Å². The van der Waals surface area contributed by atoms with Gasteiger partial charge in [0.15, 0.2) is 5.76 Å². The van der Waals surface area contributed by atoms with Crippen LogP contribution in [0.1, 0.15) is 10.5 Å². The Hall–Kier alpha value is -3.02. The predicted octanol–water partition coefficient (Wildman–Crippen LogP) is 2.67. The Morgan fingerprint density at radius 2 is 1.60 bits per heavy atom. The van der Waals surface area contributed by atoms with Crippen LogP contribution >= 0.6 is 0 Å². The lowest BCUT2D eigenvalue weighted by Gasteiger charge is -2.01. The van der Waals surface area contributed by atoms with Crippen molar-refractivity contribution in [2.45, 2.75) is 0 Å². The minimum atomic E-state index is -0.648. The second kappa shape index (κ2) is 3.74. The molecule has 1 aliphatic heterocycles. The highest BCUT2D eigenvalue weighted by molar-refractivity contribution is 6.52. The Balaban J connectivity index is 2.02. The van der Waals surface area contributed by atoms with E-state index in [1.165, 1.54) is 12.5 Å². The average Bonchev–Trinajstić information content (AvgIpc) is 3.18. The summed E-state index contributed by atoms with van der Waals surface area (Å²) in [5, 5.41) is 2.56. The first-order valence-electron chi connectivity index (χ1n) is 5.95. The van der Waals surface area contributed by atoms with Crippen LogP contribution in [0, 0.1) is 0 Å². The summed E-state index contributed by atoms with van der Waals surface area (Å²) in [6.45, 7) is 0. The van der Waals surface area contributed by atoms with E-state index in [0.717, 1.165) is 0 Å². The number of Topliss-reactive ketones (excluding diaryl/α,β-unsaturated/α-hetero) is 1. The molecule has 0 aliphatic carbocycles. The maximum absolute atomic E-state index is 11.8. The molecule has 98 valence electrons. The first-order valence-corrected chi connectivity index (χ1v) is 5.95. The molecule has 0 fully saturated rings. The number of amides is 1. The zero-order valence-electron chi connectivity index (χ0n) is 10.1. The number of furan rings is 2. The van der Waals surface area contributed by atoms with Gasteiger partial charge >= 0.3 is 0 Å². The number of anilines is 1. The van der Waals surface area contributed by atoms with Crippen molar-refractivity contribution in [2.75, 3.05) is 5.32 Å². The van der Waals surface area contributed by atoms with Gasteiger partial charge in [0.1, 0.15) is 11.5 Å². The van der Waals surface area contributed by atoms with E-state index in [-0.39, 0.29) is 5.69 Å². The third kappa shape index (κ3) is 1.33. The van der Waals surface area contributed by atoms with Gasteiger partial charge in [-0.15, -0.1) is 0 Å². The van der Waals surface area contributed by atoms with Crippen LogP contribution in [0.2, 0.25) is 0 Å². The van der Waals surface area contributed by atoms with E-state index in [9.17, 15) is 9.59 Å². The Labute approximate surface area is 112 Å². The third-order valence-corrected chi connectivity index (χ3v) is 3.21. The molecular weight excluding hydrogens is 260 g/mol. The number of hydrogen-bond donors (Lipinski definition) is 2. The van der Waals surface area contributed by atoms with Gasteiger partial charge in [0.25, 0.3) is 11.7 Å². The normalized spacial score (nSPS) is 13.6. The van der Waals surface area contributed by atoms with E-state index in [2.05, 4.69) is 10.3 Å². The predicted molar refractivity (Wildman–Crippen MR) is 69.2 cm³/mol.